The van der Waals surface area contributed by atoms with Gasteiger partial charge >= 0.3 is 0 Å². The molecule has 1 aromatic carbocycles. The minimum Gasteiger partial charge on any atom is -0.311 e. The molecule has 2 aliphatic heterocycles. The molecule has 4 heterocycles. The van der Waals surface area contributed by atoms with Crippen LogP contribution in [-0.2, 0) is 16.6 Å². The van der Waals surface area contributed by atoms with Crippen LogP contribution in [0.3, 0.4) is 0 Å². The molecular formula is C22H24N2O3S2. The zero-order chi connectivity index (χ0) is 20.2. The first kappa shape index (κ1) is 19.0. The molecule has 5 nitrogen and oxygen atoms in total. The third kappa shape index (κ3) is 3.25. The summed E-state index contributed by atoms with van der Waals surface area (Å²) < 4.78 is 29.9. The van der Waals surface area contributed by atoms with Crippen LogP contribution in [0, 0.1) is 5.92 Å². The van der Waals surface area contributed by atoms with Gasteiger partial charge in [-0.25, -0.2) is 12.7 Å². The Morgan fingerprint density at radius 1 is 1.10 bits per heavy atom. The molecule has 2 atom stereocenters. The Labute approximate surface area is 174 Å². The van der Waals surface area contributed by atoms with E-state index in [1.54, 1.807) is 15.6 Å². The van der Waals surface area contributed by atoms with Gasteiger partial charge in [0.15, 0.2) is 0 Å². The summed E-state index contributed by atoms with van der Waals surface area (Å²) in [6.07, 6.45) is 1.59. The van der Waals surface area contributed by atoms with Gasteiger partial charge in [-0.05, 0) is 48.4 Å². The Balaban J connectivity index is 1.52. The van der Waals surface area contributed by atoms with Crippen LogP contribution in [0.2, 0.25) is 0 Å². The molecule has 29 heavy (non-hydrogen) atoms. The Morgan fingerprint density at radius 2 is 1.93 bits per heavy atom. The fourth-order valence-electron chi connectivity index (χ4n) is 4.82. The van der Waals surface area contributed by atoms with Gasteiger partial charge in [-0.15, -0.1) is 11.3 Å². The standard InChI is InChI=1S/C22H24N2O3S2/c1-2-9-29(26,27)23-12-15-10-17(14-23)19-8-7-18(22(25)24(19)13-15)21-11-16-5-3-4-6-20(16)28-21/h3-8,11,15,17H,2,9-10,12-14H2,1H3/t15-,17+/m0/s1. The maximum Gasteiger partial charge on any atom is 0.259 e. The monoisotopic (exact) mass is 428 g/mol. The molecule has 152 valence electrons. The fraction of sp³-hybridized carbons (Fsp3) is 0.409. The lowest BCUT2D eigenvalue weighted by Gasteiger charge is -2.42. The lowest BCUT2D eigenvalue weighted by atomic mass is 9.84. The SMILES string of the molecule is CCCS(=O)(=O)N1C[C@@H]2C[C@H](C1)c1ccc(-c3cc4ccccc4s3)c(=O)n1C2. The first-order valence-electron chi connectivity index (χ1n) is 10.2. The molecule has 3 aromatic rings. The average Bonchev–Trinajstić information content (AvgIpc) is 3.12. The highest BCUT2D eigenvalue weighted by molar-refractivity contribution is 7.89. The Bertz CT molecular complexity index is 1210. The molecule has 0 radical (unpaired) electrons. The van der Waals surface area contributed by atoms with Crippen LogP contribution in [-0.4, -0.2) is 36.1 Å². The van der Waals surface area contributed by atoms with Crippen molar-refractivity contribution < 1.29 is 8.42 Å². The van der Waals surface area contributed by atoms with Gasteiger partial charge in [0.1, 0.15) is 0 Å². The van der Waals surface area contributed by atoms with E-state index < -0.39 is 10.0 Å². The van der Waals surface area contributed by atoms with Crippen LogP contribution in [0.15, 0.2) is 47.3 Å². The summed E-state index contributed by atoms with van der Waals surface area (Å²) in [7, 11) is -3.21. The van der Waals surface area contributed by atoms with Gasteiger partial charge < -0.3 is 4.57 Å². The van der Waals surface area contributed by atoms with Gasteiger partial charge in [0.2, 0.25) is 10.0 Å². The van der Waals surface area contributed by atoms with Gasteiger partial charge in [0.25, 0.3) is 5.56 Å². The van der Waals surface area contributed by atoms with Crippen molar-refractivity contribution in [2.24, 2.45) is 5.92 Å². The van der Waals surface area contributed by atoms with Gasteiger partial charge in [-0.1, -0.05) is 25.1 Å². The minimum absolute atomic E-state index is 0.0496. The van der Waals surface area contributed by atoms with Crippen molar-refractivity contribution in [3.63, 3.8) is 0 Å². The van der Waals surface area contributed by atoms with Crippen molar-refractivity contribution in [2.45, 2.75) is 32.2 Å². The number of rotatable bonds is 4. The number of aromatic nitrogens is 1. The normalized spacial score (nSPS) is 22.0. The number of sulfonamides is 1. The lowest BCUT2D eigenvalue weighted by Crippen LogP contribution is -2.49. The molecule has 0 N–H and O–H groups in total. The van der Waals surface area contributed by atoms with Crippen LogP contribution in [0.25, 0.3) is 20.5 Å². The summed E-state index contributed by atoms with van der Waals surface area (Å²) in [5, 5.41) is 1.16. The molecular weight excluding hydrogens is 404 g/mol. The van der Waals surface area contributed by atoms with Crippen molar-refractivity contribution in [3.8, 4) is 10.4 Å². The van der Waals surface area contributed by atoms with E-state index in [2.05, 4.69) is 18.2 Å². The minimum atomic E-state index is -3.21. The largest absolute Gasteiger partial charge is 0.311 e. The van der Waals surface area contributed by atoms with E-state index in [1.807, 2.05) is 35.8 Å². The van der Waals surface area contributed by atoms with E-state index in [4.69, 9.17) is 0 Å². The Kier molecular flexibility index (Phi) is 4.64. The van der Waals surface area contributed by atoms with Gasteiger partial charge in [-0.3, -0.25) is 4.79 Å². The highest BCUT2D eigenvalue weighted by Crippen LogP contribution is 2.38. The summed E-state index contributed by atoms with van der Waals surface area (Å²) in [4.78, 5) is 14.3. The summed E-state index contributed by atoms with van der Waals surface area (Å²) in [5.74, 6) is 0.492. The third-order valence-electron chi connectivity index (χ3n) is 6.12. The van der Waals surface area contributed by atoms with Crippen LogP contribution in [0.1, 0.15) is 31.4 Å². The van der Waals surface area contributed by atoms with Crippen molar-refractivity contribution >= 4 is 31.4 Å². The molecule has 0 aliphatic carbocycles. The number of hydrogen-bond acceptors (Lipinski definition) is 4. The quantitative estimate of drug-likeness (QED) is 0.633. The van der Waals surface area contributed by atoms with Crippen LogP contribution in [0.5, 0.6) is 0 Å². The van der Waals surface area contributed by atoms with E-state index in [0.29, 0.717) is 26.1 Å². The van der Waals surface area contributed by atoms with Crippen LogP contribution in [0.4, 0.5) is 0 Å². The van der Waals surface area contributed by atoms with Gasteiger partial charge in [0, 0.05) is 40.8 Å². The van der Waals surface area contributed by atoms with Crippen molar-refractivity contribution in [1.29, 1.82) is 0 Å². The molecule has 7 heteroatoms. The molecule has 2 aromatic heterocycles. The summed E-state index contributed by atoms with van der Waals surface area (Å²) in [6.45, 7) is 3.51. The second-order valence-electron chi connectivity index (χ2n) is 8.17. The summed E-state index contributed by atoms with van der Waals surface area (Å²) >= 11 is 1.64. The number of hydrogen-bond donors (Lipinski definition) is 0. The zero-order valence-electron chi connectivity index (χ0n) is 16.4. The number of fused-ring (bicyclic) bond motifs is 5. The molecule has 0 spiro atoms. The Morgan fingerprint density at radius 3 is 2.72 bits per heavy atom. The first-order chi connectivity index (χ1) is 14.0. The van der Waals surface area contributed by atoms with E-state index in [9.17, 15) is 13.2 Å². The maximum absolute atomic E-state index is 13.3. The number of thiophene rings is 1. The molecule has 2 aliphatic rings. The number of piperidine rings is 1. The summed E-state index contributed by atoms with van der Waals surface area (Å²) in [6, 6.07) is 14.2. The predicted octanol–water partition coefficient (Wildman–Crippen LogP) is 3.89. The highest BCUT2D eigenvalue weighted by Gasteiger charge is 2.38. The smallest absolute Gasteiger partial charge is 0.259 e. The number of pyridine rings is 1. The number of benzene rings is 1. The average molecular weight is 429 g/mol. The van der Waals surface area contributed by atoms with Gasteiger partial charge in [0.05, 0.1) is 11.3 Å². The molecule has 1 fully saturated rings. The van der Waals surface area contributed by atoms with Crippen molar-refractivity contribution in [1.82, 2.24) is 8.87 Å². The van der Waals surface area contributed by atoms with Gasteiger partial charge in [-0.2, -0.15) is 0 Å². The van der Waals surface area contributed by atoms with Crippen LogP contribution < -0.4 is 5.56 Å². The molecule has 0 amide bonds. The number of nitrogens with zero attached hydrogens (tertiary/aromatic N) is 2. The van der Waals surface area contributed by atoms with E-state index in [1.165, 1.54) is 4.70 Å². The fourth-order valence-corrected chi connectivity index (χ4v) is 7.52. The first-order valence-corrected chi connectivity index (χ1v) is 12.6. The maximum atomic E-state index is 13.3. The molecule has 2 bridgehead atoms. The van der Waals surface area contributed by atoms with E-state index in [0.717, 1.165) is 27.9 Å². The summed E-state index contributed by atoms with van der Waals surface area (Å²) in [5.41, 5.74) is 1.77. The predicted molar refractivity (Wildman–Crippen MR) is 118 cm³/mol. The van der Waals surface area contributed by atoms with Crippen molar-refractivity contribution in [3.05, 3.63) is 58.5 Å². The topological polar surface area (TPSA) is 59.4 Å². The highest BCUT2D eigenvalue weighted by atomic mass is 32.2. The van der Waals surface area contributed by atoms with E-state index in [-0.39, 0.29) is 23.1 Å². The lowest BCUT2D eigenvalue weighted by molar-refractivity contribution is 0.186. The molecule has 5 rings (SSSR count). The third-order valence-corrected chi connectivity index (χ3v) is 9.28. The Hall–Kier alpha value is -1.96. The van der Waals surface area contributed by atoms with Crippen LogP contribution >= 0.6 is 11.3 Å². The molecule has 0 saturated carbocycles. The second-order valence-corrected chi connectivity index (χ2v) is 11.3. The second kappa shape index (κ2) is 7.07. The molecule has 0 unspecified atom stereocenters. The molecule has 1 saturated heterocycles. The zero-order valence-corrected chi connectivity index (χ0v) is 18.0. The van der Waals surface area contributed by atoms with E-state index >= 15 is 0 Å². The van der Waals surface area contributed by atoms with Crippen molar-refractivity contribution in [2.75, 3.05) is 18.8 Å².